The first-order valence-corrected chi connectivity index (χ1v) is 8.25. The van der Waals surface area contributed by atoms with Crippen molar-refractivity contribution >= 4 is 11.9 Å². The van der Waals surface area contributed by atoms with Crippen LogP contribution in [0.15, 0.2) is 18.2 Å². The molecule has 0 bridgehead atoms. The van der Waals surface area contributed by atoms with Gasteiger partial charge in [0.05, 0.1) is 6.61 Å². The van der Waals surface area contributed by atoms with Gasteiger partial charge in [-0.15, -0.1) is 0 Å². The minimum absolute atomic E-state index is 0.0302. The van der Waals surface area contributed by atoms with Crippen LogP contribution in [0.4, 0.5) is 0 Å². The Hall–Kier alpha value is -2.04. The Morgan fingerprint density at radius 3 is 2.61 bits per heavy atom. The Labute approximate surface area is 137 Å². The van der Waals surface area contributed by atoms with Gasteiger partial charge in [-0.05, 0) is 56.7 Å². The number of ether oxygens (including phenoxy) is 1. The van der Waals surface area contributed by atoms with Gasteiger partial charge in [-0.1, -0.05) is 6.07 Å². The summed E-state index contributed by atoms with van der Waals surface area (Å²) in [6.07, 6.45) is 2.68. The molecule has 1 N–H and O–H groups in total. The van der Waals surface area contributed by atoms with Gasteiger partial charge in [-0.25, -0.2) is 0 Å². The van der Waals surface area contributed by atoms with Gasteiger partial charge in [-0.2, -0.15) is 0 Å². The van der Waals surface area contributed by atoms with Crippen LogP contribution in [-0.2, 0) is 4.79 Å². The molecule has 0 atom stereocenters. The first-order valence-electron chi connectivity index (χ1n) is 8.25. The minimum Gasteiger partial charge on any atom is -0.494 e. The van der Waals surface area contributed by atoms with E-state index in [1.54, 1.807) is 0 Å². The van der Waals surface area contributed by atoms with Crippen molar-refractivity contribution in [1.82, 2.24) is 4.90 Å². The third kappa shape index (κ3) is 4.71. The second-order valence-corrected chi connectivity index (χ2v) is 6.08. The van der Waals surface area contributed by atoms with Gasteiger partial charge in [0.2, 0.25) is 0 Å². The molecule has 0 spiro atoms. The van der Waals surface area contributed by atoms with Crippen LogP contribution in [-0.4, -0.2) is 41.6 Å². The number of rotatable bonds is 6. The summed E-state index contributed by atoms with van der Waals surface area (Å²) < 4.78 is 5.56. The van der Waals surface area contributed by atoms with E-state index in [4.69, 9.17) is 9.84 Å². The Balaban J connectivity index is 1.94. The van der Waals surface area contributed by atoms with E-state index in [-0.39, 0.29) is 12.3 Å². The molecular weight excluding hydrogens is 294 g/mol. The van der Waals surface area contributed by atoms with Crippen molar-refractivity contribution in [1.29, 1.82) is 0 Å². The minimum atomic E-state index is -0.744. The Kier molecular flexibility index (Phi) is 6.02. The fourth-order valence-corrected chi connectivity index (χ4v) is 2.98. The lowest BCUT2D eigenvalue weighted by Crippen LogP contribution is -2.38. The maximum absolute atomic E-state index is 12.6. The van der Waals surface area contributed by atoms with Gasteiger partial charge in [-0.3, -0.25) is 9.59 Å². The Morgan fingerprint density at radius 1 is 1.30 bits per heavy atom. The van der Waals surface area contributed by atoms with E-state index in [1.807, 2.05) is 36.9 Å². The molecule has 1 heterocycles. The average molecular weight is 319 g/mol. The van der Waals surface area contributed by atoms with Crippen molar-refractivity contribution in [3.05, 3.63) is 29.3 Å². The number of carbonyl (C=O) groups is 2. The van der Waals surface area contributed by atoms with Crippen molar-refractivity contribution in [2.24, 2.45) is 5.92 Å². The zero-order valence-corrected chi connectivity index (χ0v) is 13.9. The lowest BCUT2D eigenvalue weighted by Gasteiger charge is -2.32. The lowest BCUT2D eigenvalue weighted by atomic mass is 9.92. The Bertz CT molecular complexity index is 562. The van der Waals surface area contributed by atoms with Crippen molar-refractivity contribution < 1.29 is 19.4 Å². The van der Waals surface area contributed by atoms with Crippen LogP contribution in [0.3, 0.4) is 0 Å². The quantitative estimate of drug-likeness (QED) is 0.875. The smallest absolute Gasteiger partial charge is 0.303 e. The van der Waals surface area contributed by atoms with E-state index < -0.39 is 5.97 Å². The number of piperidine rings is 1. The molecule has 0 aromatic heterocycles. The lowest BCUT2D eigenvalue weighted by molar-refractivity contribution is -0.137. The van der Waals surface area contributed by atoms with Crippen LogP contribution >= 0.6 is 0 Å². The molecule has 1 aliphatic heterocycles. The number of nitrogens with zero attached hydrogens (tertiary/aromatic N) is 1. The Morgan fingerprint density at radius 2 is 2.00 bits per heavy atom. The summed E-state index contributed by atoms with van der Waals surface area (Å²) >= 11 is 0. The summed E-state index contributed by atoms with van der Waals surface area (Å²) in [4.78, 5) is 25.1. The molecule has 5 heteroatoms. The van der Waals surface area contributed by atoms with Gasteiger partial charge in [0, 0.05) is 25.1 Å². The summed E-state index contributed by atoms with van der Waals surface area (Å²) in [6, 6.07) is 5.58. The summed E-state index contributed by atoms with van der Waals surface area (Å²) in [5.41, 5.74) is 1.68. The van der Waals surface area contributed by atoms with Gasteiger partial charge in [0.1, 0.15) is 5.75 Å². The van der Waals surface area contributed by atoms with E-state index in [9.17, 15) is 9.59 Å². The van der Waals surface area contributed by atoms with Crippen molar-refractivity contribution in [3.63, 3.8) is 0 Å². The first kappa shape index (κ1) is 17.3. The molecular formula is C18H25NO4. The third-order valence-electron chi connectivity index (χ3n) is 4.40. The van der Waals surface area contributed by atoms with Gasteiger partial charge >= 0.3 is 5.97 Å². The van der Waals surface area contributed by atoms with E-state index in [1.165, 1.54) is 0 Å². The van der Waals surface area contributed by atoms with E-state index in [0.717, 1.165) is 24.2 Å². The molecule has 1 fully saturated rings. The predicted octanol–water partition coefficient (Wildman–Crippen LogP) is 3.11. The average Bonchev–Trinajstić information content (AvgIpc) is 2.55. The number of carboxylic acids is 1. The molecule has 0 radical (unpaired) electrons. The molecule has 2 rings (SSSR count). The second kappa shape index (κ2) is 7.99. The number of aryl methyl sites for hydroxylation is 1. The molecule has 0 unspecified atom stereocenters. The number of aliphatic carboxylic acids is 1. The summed E-state index contributed by atoms with van der Waals surface area (Å²) in [6.45, 7) is 5.86. The highest BCUT2D eigenvalue weighted by atomic mass is 16.5. The zero-order valence-electron chi connectivity index (χ0n) is 13.9. The SMILES string of the molecule is CCOc1cc(C(=O)N2CCC(CCC(=O)O)CC2)ccc1C. The van der Waals surface area contributed by atoms with E-state index >= 15 is 0 Å². The largest absolute Gasteiger partial charge is 0.494 e. The number of likely N-dealkylation sites (tertiary alicyclic amines) is 1. The molecule has 5 nitrogen and oxygen atoms in total. The highest BCUT2D eigenvalue weighted by Gasteiger charge is 2.24. The molecule has 1 amide bonds. The summed E-state index contributed by atoms with van der Waals surface area (Å²) in [5, 5.41) is 8.75. The van der Waals surface area contributed by atoms with Crippen molar-refractivity contribution in [3.8, 4) is 5.75 Å². The maximum atomic E-state index is 12.6. The number of hydrogen-bond acceptors (Lipinski definition) is 3. The highest BCUT2D eigenvalue weighted by Crippen LogP contribution is 2.25. The normalized spacial score (nSPS) is 15.5. The molecule has 0 aliphatic carbocycles. The predicted molar refractivity (Wildman–Crippen MR) is 87.8 cm³/mol. The first-order chi connectivity index (χ1) is 11.0. The number of amides is 1. The van der Waals surface area contributed by atoms with Gasteiger partial charge in [0.15, 0.2) is 0 Å². The van der Waals surface area contributed by atoms with E-state index in [2.05, 4.69) is 0 Å². The summed E-state index contributed by atoms with van der Waals surface area (Å²) in [7, 11) is 0. The second-order valence-electron chi connectivity index (χ2n) is 6.08. The number of hydrogen-bond donors (Lipinski definition) is 1. The standard InChI is InChI=1S/C18H25NO4/c1-3-23-16-12-15(6-4-13(16)2)18(22)19-10-8-14(9-11-19)5-7-17(20)21/h4,6,12,14H,3,5,7-11H2,1-2H3,(H,20,21). The molecule has 1 aromatic rings. The summed E-state index contributed by atoms with van der Waals surface area (Å²) in [5.74, 6) is 0.455. The van der Waals surface area contributed by atoms with Crippen LogP contribution < -0.4 is 4.74 Å². The van der Waals surface area contributed by atoms with Crippen LogP contribution in [0, 0.1) is 12.8 Å². The zero-order chi connectivity index (χ0) is 16.8. The van der Waals surface area contributed by atoms with E-state index in [0.29, 0.717) is 37.6 Å². The molecule has 23 heavy (non-hydrogen) atoms. The van der Waals surface area contributed by atoms with Gasteiger partial charge in [0.25, 0.3) is 5.91 Å². The molecule has 126 valence electrons. The number of carbonyl (C=O) groups excluding carboxylic acids is 1. The maximum Gasteiger partial charge on any atom is 0.303 e. The van der Waals surface area contributed by atoms with Crippen LogP contribution in [0.25, 0.3) is 0 Å². The number of carboxylic acid groups (broad SMARTS) is 1. The third-order valence-corrected chi connectivity index (χ3v) is 4.40. The fourth-order valence-electron chi connectivity index (χ4n) is 2.98. The van der Waals surface area contributed by atoms with Crippen molar-refractivity contribution in [2.45, 2.75) is 39.5 Å². The molecule has 1 saturated heterocycles. The van der Waals surface area contributed by atoms with Crippen LogP contribution in [0.2, 0.25) is 0 Å². The molecule has 1 aliphatic rings. The van der Waals surface area contributed by atoms with Gasteiger partial charge < -0.3 is 14.7 Å². The highest BCUT2D eigenvalue weighted by molar-refractivity contribution is 5.94. The topological polar surface area (TPSA) is 66.8 Å². The van der Waals surface area contributed by atoms with Crippen LogP contribution in [0.1, 0.15) is 48.5 Å². The molecule has 0 saturated carbocycles. The molecule has 1 aromatic carbocycles. The number of benzene rings is 1. The fraction of sp³-hybridized carbons (Fsp3) is 0.556. The monoisotopic (exact) mass is 319 g/mol. The van der Waals surface area contributed by atoms with Crippen LogP contribution in [0.5, 0.6) is 5.75 Å². The van der Waals surface area contributed by atoms with Crippen molar-refractivity contribution in [2.75, 3.05) is 19.7 Å².